The van der Waals surface area contributed by atoms with Crippen LogP contribution < -0.4 is 10.6 Å². The Kier molecular flexibility index (Phi) is 9.11. The number of amides is 2. The highest BCUT2D eigenvalue weighted by atomic mass is 16.2. The summed E-state index contributed by atoms with van der Waals surface area (Å²) >= 11 is 0. The van der Waals surface area contributed by atoms with Gasteiger partial charge in [0, 0.05) is 12.6 Å². The zero-order valence-electron chi connectivity index (χ0n) is 13.7. The van der Waals surface area contributed by atoms with E-state index in [0.29, 0.717) is 12.5 Å². The van der Waals surface area contributed by atoms with E-state index >= 15 is 0 Å². The Hall–Kier alpha value is -1.06. The van der Waals surface area contributed by atoms with E-state index < -0.39 is 11.8 Å². The summed E-state index contributed by atoms with van der Waals surface area (Å²) in [7, 11) is 0. The third kappa shape index (κ3) is 7.49. The minimum Gasteiger partial charge on any atom is -0.348 e. The molecule has 0 aromatic heterocycles. The largest absolute Gasteiger partial charge is 0.348 e. The van der Waals surface area contributed by atoms with E-state index in [0.717, 1.165) is 32.1 Å². The molecule has 21 heavy (non-hydrogen) atoms. The van der Waals surface area contributed by atoms with Crippen LogP contribution in [0.5, 0.6) is 0 Å². The molecule has 1 rings (SSSR count). The van der Waals surface area contributed by atoms with Crippen molar-refractivity contribution >= 4 is 11.8 Å². The first-order valence-corrected chi connectivity index (χ1v) is 8.73. The van der Waals surface area contributed by atoms with Crippen LogP contribution in [0.4, 0.5) is 0 Å². The van der Waals surface area contributed by atoms with Gasteiger partial charge in [-0.15, -0.1) is 0 Å². The molecule has 0 spiro atoms. The molecule has 4 heteroatoms. The fourth-order valence-electron chi connectivity index (χ4n) is 2.95. The molecule has 1 aliphatic carbocycles. The van der Waals surface area contributed by atoms with Gasteiger partial charge in [0.15, 0.2) is 0 Å². The van der Waals surface area contributed by atoms with Crippen LogP contribution in [0.25, 0.3) is 0 Å². The minimum absolute atomic E-state index is 0.172. The second-order valence-electron chi connectivity index (χ2n) is 6.37. The molecule has 0 heterocycles. The molecule has 4 nitrogen and oxygen atoms in total. The molecule has 2 atom stereocenters. The standard InChI is InChI=1S/C17H32N2O2/c1-3-4-5-6-7-10-13-18-16(20)17(21)19-15-12-9-8-11-14(15)2/h14-15H,3-13H2,1-2H3,(H,18,20)(H,19,21)/t14-,15+/m1/s1. The van der Waals surface area contributed by atoms with Gasteiger partial charge in [-0.2, -0.15) is 0 Å². The summed E-state index contributed by atoms with van der Waals surface area (Å²) in [4.78, 5) is 23.6. The minimum atomic E-state index is -0.471. The quantitative estimate of drug-likeness (QED) is 0.534. The van der Waals surface area contributed by atoms with Crippen LogP contribution in [-0.2, 0) is 9.59 Å². The molecule has 0 aliphatic heterocycles. The third-order valence-electron chi connectivity index (χ3n) is 4.45. The SMILES string of the molecule is CCCCCCCCNC(=O)C(=O)N[C@H]1CCCC[C@H]1C. The van der Waals surface area contributed by atoms with Gasteiger partial charge in [-0.3, -0.25) is 9.59 Å². The average molecular weight is 296 g/mol. The van der Waals surface area contributed by atoms with E-state index in [1.54, 1.807) is 0 Å². The van der Waals surface area contributed by atoms with Crippen molar-refractivity contribution in [3.8, 4) is 0 Å². The Morgan fingerprint density at radius 2 is 1.62 bits per heavy atom. The summed E-state index contributed by atoms with van der Waals surface area (Å²) in [6, 6.07) is 0.172. The lowest BCUT2D eigenvalue weighted by Crippen LogP contribution is -2.47. The van der Waals surface area contributed by atoms with Gasteiger partial charge in [0.1, 0.15) is 0 Å². The first-order chi connectivity index (χ1) is 10.1. The molecular formula is C17H32N2O2. The highest BCUT2D eigenvalue weighted by Crippen LogP contribution is 2.23. The van der Waals surface area contributed by atoms with Crippen LogP contribution in [0.3, 0.4) is 0 Å². The number of nitrogens with one attached hydrogen (secondary N) is 2. The molecule has 1 aliphatic rings. The lowest BCUT2D eigenvalue weighted by molar-refractivity contribution is -0.140. The van der Waals surface area contributed by atoms with Crippen LogP contribution in [-0.4, -0.2) is 24.4 Å². The fraction of sp³-hybridized carbons (Fsp3) is 0.882. The molecular weight excluding hydrogens is 264 g/mol. The Morgan fingerprint density at radius 3 is 2.33 bits per heavy atom. The maximum absolute atomic E-state index is 11.8. The Labute approximate surface area is 129 Å². The van der Waals surface area contributed by atoms with Crippen LogP contribution in [0.1, 0.15) is 78.1 Å². The number of hydrogen-bond donors (Lipinski definition) is 2. The molecule has 2 N–H and O–H groups in total. The summed E-state index contributed by atoms with van der Waals surface area (Å²) < 4.78 is 0. The molecule has 0 unspecified atom stereocenters. The number of hydrogen-bond acceptors (Lipinski definition) is 2. The van der Waals surface area contributed by atoms with E-state index in [-0.39, 0.29) is 6.04 Å². The van der Waals surface area contributed by atoms with Crippen LogP contribution in [0.15, 0.2) is 0 Å². The smallest absolute Gasteiger partial charge is 0.309 e. The summed E-state index contributed by atoms with van der Waals surface area (Å²) in [5.74, 6) is -0.449. The Bertz CT molecular complexity index is 318. The first kappa shape index (κ1) is 18.0. The Morgan fingerprint density at radius 1 is 0.952 bits per heavy atom. The van der Waals surface area contributed by atoms with E-state index in [4.69, 9.17) is 0 Å². The summed E-state index contributed by atoms with van der Waals surface area (Å²) in [5, 5.41) is 5.61. The van der Waals surface area contributed by atoms with Crippen molar-refractivity contribution < 1.29 is 9.59 Å². The van der Waals surface area contributed by atoms with Crippen molar-refractivity contribution in [1.82, 2.24) is 10.6 Å². The van der Waals surface area contributed by atoms with E-state index in [1.165, 1.54) is 32.1 Å². The number of rotatable bonds is 8. The number of carbonyl (C=O) groups is 2. The zero-order chi connectivity index (χ0) is 15.5. The monoisotopic (exact) mass is 296 g/mol. The molecule has 122 valence electrons. The van der Waals surface area contributed by atoms with Gasteiger partial charge in [0.25, 0.3) is 0 Å². The maximum Gasteiger partial charge on any atom is 0.309 e. The van der Waals surface area contributed by atoms with Gasteiger partial charge in [-0.1, -0.05) is 58.8 Å². The summed E-state index contributed by atoms with van der Waals surface area (Å²) in [6.07, 6.45) is 11.6. The van der Waals surface area contributed by atoms with Crippen molar-refractivity contribution in [2.75, 3.05) is 6.54 Å². The molecule has 0 bridgehead atoms. The topological polar surface area (TPSA) is 58.2 Å². The predicted octanol–water partition coefficient (Wildman–Crippen LogP) is 3.16. The number of carbonyl (C=O) groups excluding carboxylic acids is 2. The normalized spacial score (nSPS) is 21.8. The van der Waals surface area contributed by atoms with E-state index in [9.17, 15) is 9.59 Å². The van der Waals surface area contributed by atoms with Gasteiger partial charge < -0.3 is 10.6 Å². The highest BCUT2D eigenvalue weighted by Gasteiger charge is 2.25. The third-order valence-corrected chi connectivity index (χ3v) is 4.45. The molecule has 0 aromatic carbocycles. The lowest BCUT2D eigenvalue weighted by atomic mass is 9.86. The second kappa shape index (κ2) is 10.6. The van der Waals surface area contributed by atoms with Gasteiger partial charge in [-0.25, -0.2) is 0 Å². The van der Waals surface area contributed by atoms with Gasteiger partial charge in [0.2, 0.25) is 0 Å². The highest BCUT2D eigenvalue weighted by molar-refractivity contribution is 6.35. The molecule has 1 saturated carbocycles. The zero-order valence-corrected chi connectivity index (χ0v) is 13.7. The second-order valence-corrected chi connectivity index (χ2v) is 6.37. The first-order valence-electron chi connectivity index (χ1n) is 8.73. The van der Waals surface area contributed by atoms with Crippen molar-refractivity contribution in [3.05, 3.63) is 0 Å². The van der Waals surface area contributed by atoms with Crippen LogP contribution >= 0.6 is 0 Å². The Balaban J connectivity index is 2.09. The van der Waals surface area contributed by atoms with Crippen molar-refractivity contribution in [2.45, 2.75) is 84.1 Å². The molecule has 0 saturated heterocycles. The maximum atomic E-state index is 11.8. The van der Waals surface area contributed by atoms with Crippen LogP contribution in [0, 0.1) is 5.92 Å². The lowest BCUT2D eigenvalue weighted by Gasteiger charge is -2.29. The summed E-state index contributed by atoms with van der Waals surface area (Å²) in [5.41, 5.74) is 0. The summed E-state index contributed by atoms with van der Waals surface area (Å²) in [6.45, 7) is 4.96. The fourth-order valence-corrected chi connectivity index (χ4v) is 2.95. The average Bonchev–Trinajstić information content (AvgIpc) is 2.48. The van der Waals surface area contributed by atoms with Gasteiger partial charge in [0.05, 0.1) is 0 Å². The molecule has 0 aromatic rings. The van der Waals surface area contributed by atoms with Crippen molar-refractivity contribution in [2.24, 2.45) is 5.92 Å². The molecule has 1 fully saturated rings. The van der Waals surface area contributed by atoms with Crippen LogP contribution in [0.2, 0.25) is 0 Å². The molecule has 2 amide bonds. The van der Waals surface area contributed by atoms with Gasteiger partial charge in [-0.05, 0) is 25.2 Å². The van der Waals surface area contributed by atoms with Crippen molar-refractivity contribution in [1.29, 1.82) is 0 Å². The van der Waals surface area contributed by atoms with E-state index in [2.05, 4.69) is 24.5 Å². The van der Waals surface area contributed by atoms with E-state index in [1.807, 2.05) is 0 Å². The predicted molar refractivity (Wildman–Crippen MR) is 85.9 cm³/mol. The molecule has 0 radical (unpaired) electrons. The van der Waals surface area contributed by atoms with Crippen molar-refractivity contribution in [3.63, 3.8) is 0 Å². The van der Waals surface area contributed by atoms with Gasteiger partial charge >= 0.3 is 11.8 Å². The number of unbranched alkanes of at least 4 members (excludes halogenated alkanes) is 5.